The summed E-state index contributed by atoms with van der Waals surface area (Å²) in [5, 5.41) is 0.230. The Balaban J connectivity index is 1.78. The van der Waals surface area contributed by atoms with E-state index >= 15 is 0 Å². The number of ether oxygens (including phenoxy) is 1. The molecule has 0 N–H and O–H groups in total. The molecule has 100 valence electrons. The van der Waals surface area contributed by atoms with Gasteiger partial charge in [-0.2, -0.15) is 0 Å². The maximum absolute atomic E-state index is 6.27. The van der Waals surface area contributed by atoms with E-state index in [0.29, 0.717) is 0 Å². The lowest BCUT2D eigenvalue weighted by atomic mass is 10.1. The number of anilines is 1. The highest BCUT2D eigenvalue weighted by Gasteiger charge is 2.44. The second-order valence-electron chi connectivity index (χ2n) is 4.88. The quantitative estimate of drug-likeness (QED) is 0.703. The normalized spacial score (nSPS) is 22.6. The SMILES string of the molecule is CN1c2ccccc2SC12C=Cc1cc(Cl)ccc1O2. The van der Waals surface area contributed by atoms with Gasteiger partial charge in [0, 0.05) is 22.5 Å². The van der Waals surface area contributed by atoms with Crippen LogP contribution < -0.4 is 9.64 Å². The van der Waals surface area contributed by atoms with Crippen molar-refractivity contribution in [2.24, 2.45) is 0 Å². The second-order valence-corrected chi connectivity index (χ2v) is 6.54. The van der Waals surface area contributed by atoms with Crippen molar-refractivity contribution >= 4 is 35.1 Å². The predicted molar refractivity (Wildman–Crippen MR) is 84.5 cm³/mol. The third-order valence-corrected chi connectivity index (χ3v) is 5.24. The molecule has 4 heteroatoms. The van der Waals surface area contributed by atoms with Gasteiger partial charge in [-0.25, -0.2) is 0 Å². The summed E-state index contributed by atoms with van der Waals surface area (Å²) in [5.74, 6) is 0.865. The van der Waals surface area contributed by atoms with E-state index in [-0.39, 0.29) is 0 Å². The van der Waals surface area contributed by atoms with Gasteiger partial charge in [0.1, 0.15) is 5.75 Å². The van der Waals surface area contributed by atoms with Crippen LogP contribution in [0.3, 0.4) is 0 Å². The first-order valence-corrected chi connectivity index (χ1v) is 7.57. The van der Waals surface area contributed by atoms with E-state index in [2.05, 4.69) is 48.4 Å². The van der Waals surface area contributed by atoms with Gasteiger partial charge in [-0.3, -0.25) is 0 Å². The molecule has 1 atom stereocenters. The Labute approximate surface area is 127 Å². The van der Waals surface area contributed by atoms with Crippen LogP contribution in [0.1, 0.15) is 5.56 Å². The summed E-state index contributed by atoms with van der Waals surface area (Å²) in [4.78, 5) is 3.40. The molecule has 0 saturated heterocycles. The minimum Gasteiger partial charge on any atom is -0.454 e. The van der Waals surface area contributed by atoms with Gasteiger partial charge in [0.2, 0.25) is 0 Å². The van der Waals surface area contributed by atoms with Crippen LogP contribution in [-0.4, -0.2) is 12.1 Å². The smallest absolute Gasteiger partial charge is 0.256 e. The van der Waals surface area contributed by atoms with Gasteiger partial charge in [-0.05, 0) is 54.2 Å². The van der Waals surface area contributed by atoms with Crippen LogP contribution in [0.4, 0.5) is 5.69 Å². The maximum Gasteiger partial charge on any atom is 0.256 e. The lowest BCUT2D eigenvalue weighted by molar-refractivity contribution is 0.215. The van der Waals surface area contributed by atoms with Crippen molar-refractivity contribution in [1.82, 2.24) is 0 Å². The van der Waals surface area contributed by atoms with Crippen LogP contribution in [0.15, 0.2) is 53.4 Å². The lowest BCUT2D eigenvalue weighted by Gasteiger charge is -2.36. The molecule has 0 amide bonds. The van der Waals surface area contributed by atoms with Gasteiger partial charge in [-0.15, -0.1) is 0 Å². The van der Waals surface area contributed by atoms with Crippen molar-refractivity contribution in [3.8, 4) is 5.75 Å². The molecule has 4 rings (SSSR count). The summed E-state index contributed by atoms with van der Waals surface area (Å²) in [5.41, 5.74) is 2.22. The van der Waals surface area contributed by atoms with Crippen LogP contribution in [0.5, 0.6) is 5.75 Å². The Morgan fingerprint density at radius 3 is 2.90 bits per heavy atom. The Hall–Kier alpha value is -1.58. The number of thioether (sulfide) groups is 1. The molecule has 2 aromatic carbocycles. The topological polar surface area (TPSA) is 12.5 Å². The number of para-hydroxylation sites is 1. The monoisotopic (exact) mass is 301 g/mol. The summed E-state index contributed by atoms with van der Waals surface area (Å²) in [6.07, 6.45) is 4.18. The van der Waals surface area contributed by atoms with Crippen LogP contribution in [0.25, 0.3) is 6.08 Å². The van der Waals surface area contributed by atoms with E-state index in [0.717, 1.165) is 16.3 Å². The minimum absolute atomic E-state index is 0.496. The average Bonchev–Trinajstić information content (AvgIpc) is 2.73. The molecule has 2 nitrogen and oxygen atoms in total. The fourth-order valence-electron chi connectivity index (χ4n) is 2.58. The molecule has 0 fully saturated rings. The molecule has 2 aromatic rings. The molecule has 0 saturated carbocycles. The molecule has 0 radical (unpaired) electrons. The van der Waals surface area contributed by atoms with Crippen molar-refractivity contribution in [2.45, 2.75) is 9.95 Å². The Morgan fingerprint density at radius 1 is 1.20 bits per heavy atom. The molecule has 1 spiro atoms. The number of nitrogens with zero attached hydrogens (tertiary/aromatic N) is 1. The van der Waals surface area contributed by atoms with Gasteiger partial charge in [0.15, 0.2) is 0 Å². The van der Waals surface area contributed by atoms with Crippen molar-refractivity contribution < 1.29 is 4.74 Å². The van der Waals surface area contributed by atoms with E-state index < -0.39 is 5.06 Å². The van der Waals surface area contributed by atoms with Crippen molar-refractivity contribution in [2.75, 3.05) is 11.9 Å². The number of fused-ring (bicyclic) bond motifs is 2. The highest BCUT2D eigenvalue weighted by molar-refractivity contribution is 8.01. The molecule has 0 bridgehead atoms. The van der Waals surface area contributed by atoms with E-state index in [4.69, 9.17) is 16.3 Å². The van der Waals surface area contributed by atoms with Crippen molar-refractivity contribution in [3.05, 3.63) is 59.1 Å². The lowest BCUT2D eigenvalue weighted by Crippen LogP contribution is -2.45. The van der Waals surface area contributed by atoms with Gasteiger partial charge >= 0.3 is 0 Å². The minimum atomic E-state index is -0.496. The summed E-state index contributed by atoms with van der Waals surface area (Å²) < 4.78 is 6.27. The van der Waals surface area contributed by atoms with Crippen LogP contribution >= 0.6 is 23.4 Å². The van der Waals surface area contributed by atoms with Crippen molar-refractivity contribution in [1.29, 1.82) is 0 Å². The molecule has 0 aromatic heterocycles. The van der Waals surface area contributed by atoms with Gasteiger partial charge in [0.25, 0.3) is 5.06 Å². The highest BCUT2D eigenvalue weighted by atomic mass is 35.5. The third kappa shape index (κ3) is 1.67. The molecule has 2 heterocycles. The molecule has 2 aliphatic rings. The summed E-state index contributed by atoms with van der Waals surface area (Å²) in [6.45, 7) is 0. The van der Waals surface area contributed by atoms with Crippen LogP contribution in [0.2, 0.25) is 5.02 Å². The van der Waals surface area contributed by atoms with E-state index in [1.54, 1.807) is 11.8 Å². The molecular formula is C16H12ClNOS. The molecular weight excluding hydrogens is 290 g/mol. The Morgan fingerprint density at radius 2 is 2.05 bits per heavy atom. The number of hydrogen-bond acceptors (Lipinski definition) is 3. The van der Waals surface area contributed by atoms with Crippen LogP contribution in [0, 0.1) is 0 Å². The van der Waals surface area contributed by atoms with E-state index in [9.17, 15) is 0 Å². The summed E-state index contributed by atoms with van der Waals surface area (Å²) >= 11 is 7.74. The average molecular weight is 302 g/mol. The van der Waals surface area contributed by atoms with Gasteiger partial charge in [0.05, 0.1) is 5.69 Å². The maximum atomic E-state index is 6.27. The van der Waals surface area contributed by atoms with Gasteiger partial charge in [-0.1, -0.05) is 23.7 Å². The number of rotatable bonds is 0. The highest BCUT2D eigenvalue weighted by Crippen LogP contribution is 2.52. The zero-order chi connectivity index (χ0) is 13.7. The van der Waals surface area contributed by atoms with Crippen molar-refractivity contribution in [3.63, 3.8) is 0 Å². The third-order valence-electron chi connectivity index (χ3n) is 3.65. The first-order valence-electron chi connectivity index (χ1n) is 6.38. The standard InChI is InChI=1S/C16H12ClNOS/c1-18-13-4-2-3-5-15(13)20-16(18)9-8-11-10-12(17)6-7-14(11)19-16/h2-10H,1H3. The number of hydrogen-bond donors (Lipinski definition) is 0. The second kappa shape index (κ2) is 4.21. The zero-order valence-corrected chi connectivity index (χ0v) is 12.4. The Bertz CT molecular complexity index is 730. The number of benzene rings is 2. The fourth-order valence-corrected chi connectivity index (χ4v) is 4.03. The molecule has 20 heavy (non-hydrogen) atoms. The Kier molecular flexibility index (Phi) is 2.56. The van der Waals surface area contributed by atoms with E-state index in [1.165, 1.54) is 10.6 Å². The predicted octanol–water partition coefficient (Wildman–Crippen LogP) is 4.64. The van der Waals surface area contributed by atoms with Crippen LogP contribution in [-0.2, 0) is 0 Å². The molecule has 2 aliphatic heterocycles. The molecule has 0 aliphatic carbocycles. The largest absolute Gasteiger partial charge is 0.454 e. The first-order chi connectivity index (χ1) is 9.68. The zero-order valence-electron chi connectivity index (χ0n) is 10.8. The first kappa shape index (κ1) is 12.2. The van der Waals surface area contributed by atoms with E-state index in [1.807, 2.05) is 18.2 Å². The van der Waals surface area contributed by atoms with Gasteiger partial charge < -0.3 is 9.64 Å². The summed E-state index contributed by atoms with van der Waals surface area (Å²) in [6, 6.07) is 14.1. The number of halogens is 1. The number of likely N-dealkylation sites (N-methyl/N-ethyl adjacent to an activating group) is 1. The molecule has 1 unspecified atom stereocenters. The summed E-state index contributed by atoms with van der Waals surface area (Å²) in [7, 11) is 2.06. The fraction of sp³-hybridized carbons (Fsp3) is 0.125.